The summed E-state index contributed by atoms with van der Waals surface area (Å²) in [7, 11) is 0. The van der Waals surface area contributed by atoms with Crippen molar-refractivity contribution in [1.29, 1.82) is 0 Å². The second-order valence-corrected chi connectivity index (χ2v) is 5.06. The summed E-state index contributed by atoms with van der Waals surface area (Å²) in [6.45, 7) is 8.74. The molecule has 0 saturated heterocycles. The molecule has 0 aliphatic carbocycles. The normalized spacial score (nSPS) is 12.8. The zero-order valence-corrected chi connectivity index (χ0v) is 11.3. The lowest BCUT2D eigenvalue weighted by molar-refractivity contribution is -0.137. The quantitative estimate of drug-likeness (QED) is 0.778. The summed E-state index contributed by atoms with van der Waals surface area (Å²) in [5, 5.41) is 0. The third-order valence-electron chi connectivity index (χ3n) is 2.95. The van der Waals surface area contributed by atoms with Gasteiger partial charge in [-0.15, -0.1) is 0 Å². The lowest BCUT2D eigenvalue weighted by atomic mass is 10.1. The summed E-state index contributed by atoms with van der Waals surface area (Å²) < 4.78 is 37.8. The van der Waals surface area contributed by atoms with Gasteiger partial charge in [0.1, 0.15) is 0 Å². The highest BCUT2D eigenvalue weighted by Gasteiger charge is 2.30. The third kappa shape index (κ3) is 4.02. The van der Waals surface area contributed by atoms with Crippen molar-refractivity contribution in [2.24, 2.45) is 0 Å². The molecule has 0 atom stereocenters. The summed E-state index contributed by atoms with van der Waals surface area (Å²) in [5.41, 5.74) is 0.125. The number of nitrogens with zero attached hydrogens (tertiary/aromatic N) is 1. The van der Waals surface area contributed by atoms with Gasteiger partial charge in [-0.3, -0.25) is 4.90 Å². The number of hydrogen-bond acceptors (Lipinski definition) is 1. The first-order valence-electron chi connectivity index (χ1n) is 6.13. The Kier molecular flexibility index (Phi) is 4.79. The number of alkyl halides is 3. The van der Waals surface area contributed by atoms with Gasteiger partial charge in [0.05, 0.1) is 5.56 Å². The monoisotopic (exact) mass is 259 g/mol. The minimum absolute atomic E-state index is 0.305. The Labute approximate surface area is 107 Å². The molecule has 0 fully saturated rings. The second kappa shape index (κ2) is 5.74. The van der Waals surface area contributed by atoms with E-state index in [4.69, 9.17) is 0 Å². The molecule has 0 bridgehead atoms. The highest BCUT2D eigenvalue weighted by Crippen LogP contribution is 2.30. The molecule has 0 heterocycles. The lowest BCUT2D eigenvalue weighted by Gasteiger charge is -2.30. The van der Waals surface area contributed by atoms with Gasteiger partial charge >= 0.3 is 6.18 Å². The van der Waals surface area contributed by atoms with Crippen molar-refractivity contribution in [1.82, 2.24) is 4.90 Å². The first-order valence-corrected chi connectivity index (χ1v) is 6.13. The fraction of sp³-hybridized carbons (Fsp3) is 0.571. The molecule has 4 heteroatoms. The largest absolute Gasteiger partial charge is 0.416 e. The third-order valence-corrected chi connectivity index (χ3v) is 2.95. The summed E-state index contributed by atoms with van der Waals surface area (Å²) in [5.74, 6) is 0. The van der Waals surface area contributed by atoms with Crippen LogP contribution in [0.3, 0.4) is 0 Å². The minimum atomic E-state index is -4.27. The van der Waals surface area contributed by atoms with Gasteiger partial charge in [0.25, 0.3) is 0 Å². The van der Waals surface area contributed by atoms with E-state index in [2.05, 4.69) is 4.90 Å². The van der Waals surface area contributed by atoms with Crippen LogP contribution in [0.15, 0.2) is 24.3 Å². The molecule has 18 heavy (non-hydrogen) atoms. The molecule has 102 valence electrons. The molecule has 0 unspecified atom stereocenters. The standard InChI is InChI=1S/C14H20F3N/c1-10(2)18(11(3)4)9-12-6-5-7-13(8-12)14(15,16)17/h5-8,10-11H,9H2,1-4H3. The summed E-state index contributed by atoms with van der Waals surface area (Å²) in [6, 6.07) is 6.17. The molecule has 1 nitrogen and oxygen atoms in total. The molecule has 0 spiro atoms. The van der Waals surface area contributed by atoms with Crippen LogP contribution < -0.4 is 0 Å². The van der Waals surface area contributed by atoms with Gasteiger partial charge in [-0.25, -0.2) is 0 Å². The number of halogens is 3. The van der Waals surface area contributed by atoms with Crippen molar-refractivity contribution in [2.75, 3.05) is 0 Å². The van der Waals surface area contributed by atoms with Gasteiger partial charge in [-0.05, 0) is 39.3 Å². The van der Waals surface area contributed by atoms with Gasteiger partial charge in [0.2, 0.25) is 0 Å². The number of rotatable bonds is 4. The molecule has 0 N–H and O–H groups in total. The Morgan fingerprint density at radius 1 is 1.06 bits per heavy atom. The SMILES string of the molecule is CC(C)N(Cc1cccc(C(F)(F)F)c1)C(C)C. The highest BCUT2D eigenvalue weighted by molar-refractivity contribution is 5.25. The predicted octanol–water partition coefficient (Wildman–Crippen LogP) is 4.32. The van der Waals surface area contributed by atoms with Gasteiger partial charge in [-0.2, -0.15) is 13.2 Å². The van der Waals surface area contributed by atoms with Crippen LogP contribution in [0.5, 0.6) is 0 Å². The van der Waals surface area contributed by atoms with Gasteiger partial charge < -0.3 is 0 Å². The summed E-state index contributed by atoms with van der Waals surface area (Å²) in [6.07, 6.45) is -4.27. The zero-order valence-electron chi connectivity index (χ0n) is 11.3. The number of benzene rings is 1. The van der Waals surface area contributed by atoms with Crippen LogP contribution in [0.25, 0.3) is 0 Å². The Bertz CT molecular complexity index is 375. The average Bonchev–Trinajstić information content (AvgIpc) is 2.24. The number of hydrogen-bond donors (Lipinski definition) is 0. The van der Waals surface area contributed by atoms with Crippen LogP contribution >= 0.6 is 0 Å². The molecule has 1 rings (SSSR count). The fourth-order valence-electron chi connectivity index (χ4n) is 2.02. The molecular formula is C14H20F3N. The van der Waals surface area contributed by atoms with E-state index in [1.165, 1.54) is 12.1 Å². The Morgan fingerprint density at radius 2 is 1.61 bits per heavy atom. The van der Waals surface area contributed by atoms with E-state index >= 15 is 0 Å². The highest BCUT2D eigenvalue weighted by atomic mass is 19.4. The van der Waals surface area contributed by atoms with Crippen LogP contribution in [0, 0.1) is 0 Å². The Hall–Kier alpha value is -1.03. The molecule has 1 aromatic rings. The molecular weight excluding hydrogens is 239 g/mol. The molecule has 1 aromatic carbocycles. The Balaban J connectivity index is 2.91. The fourth-order valence-corrected chi connectivity index (χ4v) is 2.02. The van der Waals surface area contributed by atoms with Crippen molar-refractivity contribution < 1.29 is 13.2 Å². The average molecular weight is 259 g/mol. The van der Waals surface area contributed by atoms with Crippen molar-refractivity contribution in [2.45, 2.75) is 52.5 Å². The van der Waals surface area contributed by atoms with E-state index in [-0.39, 0.29) is 0 Å². The van der Waals surface area contributed by atoms with Gasteiger partial charge in [0, 0.05) is 18.6 Å². The Morgan fingerprint density at radius 3 is 2.06 bits per heavy atom. The van der Waals surface area contributed by atoms with E-state index in [1.807, 2.05) is 27.7 Å². The minimum Gasteiger partial charge on any atom is -0.294 e. The molecule has 0 aliphatic rings. The summed E-state index contributed by atoms with van der Waals surface area (Å²) in [4.78, 5) is 2.16. The van der Waals surface area contributed by atoms with Crippen LogP contribution in [0.1, 0.15) is 38.8 Å². The van der Waals surface area contributed by atoms with Gasteiger partial charge in [0.15, 0.2) is 0 Å². The maximum absolute atomic E-state index is 12.6. The van der Waals surface area contributed by atoms with Crippen molar-refractivity contribution in [3.63, 3.8) is 0 Å². The topological polar surface area (TPSA) is 3.24 Å². The maximum atomic E-state index is 12.6. The van der Waals surface area contributed by atoms with E-state index in [0.717, 1.165) is 6.07 Å². The van der Waals surface area contributed by atoms with Crippen LogP contribution in [0.2, 0.25) is 0 Å². The van der Waals surface area contributed by atoms with Crippen molar-refractivity contribution in [3.05, 3.63) is 35.4 Å². The first kappa shape index (κ1) is 15.0. The van der Waals surface area contributed by atoms with E-state index < -0.39 is 11.7 Å². The molecule has 0 aromatic heterocycles. The van der Waals surface area contributed by atoms with Crippen molar-refractivity contribution in [3.8, 4) is 0 Å². The van der Waals surface area contributed by atoms with Crippen LogP contribution in [0.4, 0.5) is 13.2 Å². The molecule has 0 radical (unpaired) electrons. The molecule has 0 aliphatic heterocycles. The first-order chi connectivity index (χ1) is 8.21. The van der Waals surface area contributed by atoms with Crippen LogP contribution in [-0.2, 0) is 12.7 Å². The van der Waals surface area contributed by atoms with Gasteiger partial charge in [-0.1, -0.05) is 18.2 Å². The lowest BCUT2D eigenvalue weighted by Crippen LogP contribution is -2.36. The molecule has 0 saturated carbocycles. The zero-order chi connectivity index (χ0) is 13.9. The van der Waals surface area contributed by atoms with E-state index in [9.17, 15) is 13.2 Å². The smallest absolute Gasteiger partial charge is 0.294 e. The van der Waals surface area contributed by atoms with E-state index in [1.54, 1.807) is 6.07 Å². The molecule has 0 amide bonds. The summed E-state index contributed by atoms with van der Waals surface area (Å²) >= 11 is 0. The van der Waals surface area contributed by atoms with Crippen molar-refractivity contribution >= 4 is 0 Å². The predicted molar refractivity (Wildman–Crippen MR) is 67.3 cm³/mol. The van der Waals surface area contributed by atoms with Crippen LogP contribution in [-0.4, -0.2) is 17.0 Å². The second-order valence-electron chi connectivity index (χ2n) is 5.06. The van der Waals surface area contributed by atoms with E-state index in [0.29, 0.717) is 24.2 Å². The maximum Gasteiger partial charge on any atom is 0.416 e.